The predicted molar refractivity (Wildman–Crippen MR) is 120 cm³/mol. The third-order valence-electron chi connectivity index (χ3n) is 4.87. The van der Waals surface area contributed by atoms with Gasteiger partial charge in [0.25, 0.3) is 0 Å². The summed E-state index contributed by atoms with van der Waals surface area (Å²) in [6.45, 7) is 0. The van der Waals surface area contributed by atoms with Crippen molar-refractivity contribution in [2.24, 2.45) is 0 Å². The van der Waals surface area contributed by atoms with Gasteiger partial charge < -0.3 is 4.74 Å². The minimum absolute atomic E-state index is 0.820. The SMILES string of the molecule is COc1ccc(-c2cnnn2-c2ccc(-c3csc(-c4ccccc4)n3)cc2)cc1. The first-order valence-corrected chi connectivity index (χ1v) is 10.4. The molecule has 30 heavy (non-hydrogen) atoms. The summed E-state index contributed by atoms with van der Waals surface area (Å²) >= 11 is 1.65. The Morgan fingerprint density at radius 1 is 0.800 bits per heavy atom. The maximum absolute atomic E-state index is 5.24. The van der Waals surface area contributed by atoms with E-state index >= 15 is 0 Å². The van der Waals surface area contributed by atoms with Gasteiger partial charge in [-0.15, -0.1) is 16.4 Å². The van der Waals surface area contributed by atoms with Crippen molar-refractivity contribution in [2.75, 3.05) is 7.11 Å². The molecule has 5 nitrogen and oxygen atoms in total. The minimum Gasteiger partial charge on any atom is -0.497 e. The number of aromatic nitrogens is 4. The van der Waals surface area contributed by atoms with E-state index in [1.807, 2.05) is 59.3 Å². The maximum atomic E-state index is 5.24. The number of rotatable bonds is 5. The monoisotopic (exact) mass is 410 g/mol. The zero-order valence-electron chi connectivity index (χ0n) is 16.3. The molecule has 0 unspecified atom stereocenters. The van der Waals surface area contributed by atoms with Gasteiger partial charge in [-0.05, 0) is 36.4 Å². The van der Waals surface area contributed by atoms with Crippen LogP contribution < -0.4 is 4.74 Å². The van der Waals surface area contributed by atoms with Crippen LogP contribution >= 0.6 is 11.3 Å². The molecule has 2 heterocycles. The van der Waals surface area contributed by atoms with Gasteiger partial charge in [-0.2, -0.15) is 0 Å². The molecule has 0 aliphatic rings. The second-order valence-electron chi connectivity index (χ2n) is 6.71. The van der Waals surface area contributed by atoms with Crippen molar-refractivity contribution >= 4 is 11.3 Å². The molecule has 0 N–H and O–H groups in total. The van der Waals surface area contributed by atoms with Crippen molar-refractivity contribution in [3.8, 4) is 44.5 Å². The second kappa shape index (κ2) is 7.93. The van der Waals surface area contributed by atoms with E-state index in [1.54, 1.807) is 24.6 Å². The van der Waals surface area contributed by atoms with Gasteiger partial charge in [0, 0.05) is 22.1 Å². The Hall–Kier alpha value is -3.77. The van der Waals surface area contributed by atoms with Gasteiger partial charge in [0.15, 0.2) is 0 Å². The molecular formula is C24H18N4OS. The highest BCUT2D eigenvalue weighted by molar-refractivity contribution is 7.13. The average Bonchev–Trinajstić information content (AvgIpc) is 3.50. The van der Waals surface area contributed by atoms with Gasteiger partial charge in [-0.3, -0.25) is 0 Å². The first-order valence-electron chi connectivity index (χ1n) is 9.49. The van der Waals surface area contributed by atoms with E-state index in [4.69, 9.17) is 9.72 Å². The minimum atomic E-state index is 0.820. The Balaban J connectivity index is 1.43. The number of benzene rings is 3. The van der Waals surface area contributed by atoms with E-state index < -0.39 is 0 Å². The van der Waals surface area contributed by atoms with Crippen LogP contribution in [0.5, 0.6) is 5.75 Å². The Morgan fingerprint density at radius 2 is 1.53 bits per heavy atom. The van der Waals surface area contributed by atoms with Gasteiger partial charge >= 0.3 is 0 Å². The van der Waals surface area contributed by atoms with E-state index in [0.29, 0.717) is 0 Å². The lowest BCUT2D eigenvalue weighted by Crippen LogP contribution is -1.99. The van der Waals surface area contributed by atoms with Crippen LogP contribution in [0.2, 0.25) is 0 Å². The quantitative estimate of drug-likeness (QED) is 0.371. The highest BCUT2D eigenvalue weighted by Gasteiger charge is 2.11. The van der Waals surface area contributed by atoms with Crippen LogP contribution in [0.4, 0.5) is 0 Å². The van der Waals surface area contributed by atoms with Gasteiger partial charge in [0.05, 0.1) is 30.4 Å². The molecule has 0 fully saturated rings. The topological polar surface area (TPSA) is 52.8 Å². The van der Waals surface area contributed by atoms with E-state index in [1.165, 1.54) is 0 Å². The molecule has 0 radical (unpaired) electrons. The zero-order valence-corrected chi connectivity index (χ0v) is 17.1. The number of methoxy groups -OCH3 is 1. The number of hydrogen-bond donors (Lipinski definition) is 0. The summed E-state index contributed by atoms with van der Waals surface area (Å²) in [4.78, 5) is 4.80. The molecule has 0 amide bonds. The third kappa shape index (κ3) is 3.49. The summed E-state index contributed by atoms with van der Waals surface area (Å²) in [5.41, 5.74) is 6.07. The smallest absolute Gasteiger partial charge is 0.124 e. The average molecular weight is 411 g/mol. The Labute approximate surface area is 178 Å². The highest BCUT2D eigenvalue weighted by atomic mass is 32.1. The van der Waals surface area contributed by atoms with Crippen molar-refractivity contribution in [2.45, 2.75) is 0 Å². The maximum Gasteiger partial charge on any atom is 0.124 e. The molecule has 0 saturated heterocycles. The fourth-order valence-electron chi connectivity index (χ4n) is 3.28. The molecule has 0 spiro atoms. The molecule has 6 heteroatoms. The molecule has 5 aromatic rings. The molecule has 2 aromatic heterocycles. The Bertz CT molecular complexity index is 1260. The van der Waals surface area contributed by atoms with E-state index in [-0.39, 0.29) is 0 Å². The molecule has 146 valence electrons. The fraction of sp³-hybridized carbons (Fsp3) is 0.0417. The van der Waals surface area contributed by atoms with Crippen LogP contribution in [0.25, 0.3) is 38.8 Å². The Kier molecular flexibility index (Phi) is 4.83. The fourth-order valence-corrected chi connectivity index (χ4v) is 4.11. The normalized spacial score (nSPS) is 10.8. The van der Waals surface area contributed by atoms with Crippen molar-refractivity contribution in [1.82, 2.24) is 20.0 Å². The van der Waals surface area contributed by atoms with Crippen molar-refractivity contribution in [1.29, 1.82) is 0 Å². The van der Waals surface area contributed by atoms with Crippen LogP contribution in [0.15, 0.2) is 90.4 Å². The lowest BCUT2D eigenvalue weighted by atomic mass is 10.1. The van der Waals surface area contributed by atoms with Crippen LogP contribution in [0, 0.1) is 0 Å². The summed E-state index contributed by atoms with van der Waals surface area (Å²) in [5.74, 6) is 0.820. The van der Waals surface area contributed by atoms with Crippen molar-refractivity contribution in [3.05, 3.63) is 90.4 Å². The molecule has 0 aliphatic heterocycles. The second-order valence-corrected chi connectivity index (χ2v) is 7.57. The molecule has 0 bridgehead atoms. The third-order valence-corrected chi connectivity index (χ3v) is 5.76. The molecule has 0 aliphatic carbocycles. The summed E-state index contributed by atoms with van der Waals surface area (Å²) in [7, 11) is 1.66. The standard InChI is InChI=1S/C24H18N4OS/c1-29-21-13-9-18(10-14-21)23-15-25-27-28(23)20-11-7-17(8-12-20)22-16-30-24(26-22)19-5-3-2-4-6-19/h2-16H,1H3. The van der Waals surface area contributed by atoms with E-state index in [2.05, 4.69) is 40.0 Å². The lowest BCUT2D eigenvalue weighted by molar-refractivity contribution is 0.415. The summed E-state index contributed by atoms with van der Waals surface area (Å²) in [5, 5.41) is 11.5. The molecule has 0 saturated carbocycles. The van der Waals surface area contributed by atoms with E-state index in [0.717, 1.165) is 44.5 Å². The highest BCUT2D eigenvalue weighted by Crippen LogP contribution is 2.30. The number of ether oxygens (including phenoxy) is 1. The van der Waals surface area contributed by atoms with Crippen LogP contribution in [0.3, 0.4) is 0 Å². The van der Waals surface area contributed by atoms with Crippen LogP contribution in [-0.2, 0) is 0 Å². The van der Waals surface area contributed by atoms with Crippen LogP contribution in [0.1, 0.15) is 0 Å². The van der Waals surface area contributed by atoms with E-state index in [9.17, 15) is 0 Å². The zero-order chi connectivity index (χ0) is 20.3. The number of nitrogens with zero attached hydrogens (tertiary/aromatic N) is 4. The van der Waals surface area contributed by atoms with Gasteiger partial charge in [0.2, 0.25) is 0 Å². The molecule has 5 rings (SSSR count). The molecular weight excluding hydrogens is 392 g/mol. The molecule has 3 aromatic carbocycles. The number of thiazole rings is 1. The largest absolute Gasteiger partial charge is 0.497 e. The Morgan fingerprint density at radius 3 is 2.27 bits per heavy atom. The predicted octanol–water partition coefficient (Wildman–Crippen LogP) is 5.73. The van der Waals surface area contributed by atoms with Gasteiger partial charge in [0.1, 0.15) is 10.8 Å². The summed E-state index contributed by atoms with van der Waals surface area (Å²) in [6, 6.07) is 26.3. The van der Waals surface area contributed by atoms with Gasteiger partial charge in [-0.1, -0.05) is 47.7 Å². The first-order chi connectivity index (χ1) is 14.8. The lowest BCUT2D eigenvalue weighted by Gasteiger charge is -2.08. The number of hydrogen-bond acceptors (Lipinski definition) is 5. The molecule has 0 atom stereocenters. The summed E-state index contributed by atoms with van der Waals surface area (Å²) in [6.07, 6.45) is 1.77. The first kappa shape index (κ1) is 18.3. The van der Waals surface area contributed by atoms with Gasteiger partial charge in [-0.25, -0.2) is 9.67 Å². The summed E-state index contributed by atoms with van der Waals surface area (Å²) < 4.78 is 7.08. The van der Waals surface area contributed by atoms with Crippen LogP contribution in [-0.4, -0.2) is 27.1 Å². The van der Waals surface area contributed by atoms with Crippen molar-refractivity contribution in [3.63, 3.8) is 0 Å². The van der Waals surface area contributed by atoms with Crippen molar-refractivity contribution < 1.29 is 4.74 Å².